The largest absolute Gasteiger partial charge is 0.469 e. The highest BCUT2D eigenvalue weighted by Gasteiger charge is 2.76. The summed E-state index contributed by atoms with van der Waals surface area (Å²) >= 11 is 0. The molecule has 1 heterocycles. The maximum atomic E-state index is 12.2. The van der Waals surface area contributed by atoms with Gasteiger partial charge in [-0.25, -0.2) is 8.42 Å². The Labute approximate surface area is 139 Å². The Morgan fingerprint density at radius 3 is 2.50 bits per heavy atom. The molecular formula is C14H19NO8S. The van der Waals surface area contributed by atoms with Gasteiger partial charge in [0.15, 0.2) is 9.84 Å². The van der Waals surface area contributed by atoms with Gasteiger partial charge in [0, 0.05) is 12.8 Å². The molecule has 24 heavy (non-hydrogen) atoms. The summed E-state index contributed by atoms with van der Waals surface area (Å²) in [6.07, 6.45) is 0.370. The van der Waals surface area contributed by atoms with Crippen molar-refractivity contribution in [2.24, 2.45) is 17.8 Å². The first-order valence-corrected chi connectivity index (χ1v) is 9.02. The van der Waals surface area contributed by atoms with Crippen LogP contribution >= 0.6 is 0 Å². The van der Waals surface area contributed by atoms with Crippen LogP contribution in [0.2, 0.25) is 0 Å². The number of aldehydes is 1. The minimum absolute atomic E-state index is 0.197. The van der Waals surface area contributed by atoms with E-state index in [1.807, 2.05) is 0 Å². The van der Waals surface area contributed by atoms with Gasteiger partial charge in [-0.1, -0.05) is 6.92 Å². The monoisotopic (exact) mass is 361 g/mol. The molecule has 0 aromatic rings. The zero-order valence-corrected chi connectivity index (χ0v) is 14.3. The van der Waals surface area contributed by atoms with Crippen molar-refractivity contribution in [2.75, 3.05) is 19.5 Å². The number of fused-ring (bicyclic) bond motifs is 1. The number of amides is 1. The fourth-order valence-electron chi connectivity index (χ4n) is 3.22. The molecule has 1 N–H and O–H groups in total. The Morgan fingerprint density at radius 1 is 1.38 bits per heavy atom. The molecule has 10 heteroatoms. The first-order valence-electron chi connectivity index (χ1n) is 7.30. The van der Waals surface area contributed by atoms with Gasteiger partial charge in [0.2, 0.25) is 5.91 Å². The van der Waals surface area contributed by atoms with Crippen molar-refractivity contribution >= 4 is 34.0 Å². The molecule has 2 aliphatic rings. The average molecular weight is 361 g/mol. The molecule has 0 aromatic heterocycles. The van der Waals surface area contributed by atoms with Crippen molar-refractivity contribution < 1.29 is 37.1 Å². The molecule has 0 unspecified atom stereocenters. The topological polar surface area (TPSA) is 133 Å². The summed E-state index contributed by atoms with van der Waals surface area (Å²) in [6.45, 7) is 2.47. The molecule has 0 radical (unpaired) electrons. The molecule has 9 nitrogen and oxygen atoms in total. The average Bonchev–Trinajstić information content (AvgIpc) is 3.23. The van der Waals surface area contributed by atoms with Gasteiger partial charge >= 0.3 is 11.9 Å². The van der Waals surface area contributed by atoms with Crippen LogP contribution in [-0.2, 0) is 38.5 Å². The molecule has 0 aromatic carbocycles. The molecule has 2 fully saturated rings. The van der Waals surface area contributed by atoms with Crippen LogP contribution in [0.3, 0.4) is 0 Å². The lowest BCUT2D eigenvalue weighted by molar-refractivity contribution is -0.145. The maximum absolute atomic E-state index is 12.2. The van der Waals surface area contributed by atoms with Gasteiger partial charge < -0.3 is 19.6 Å². The third-order valence-electron chi connectivity index (χ3n) is 4.43. The molecule has 0 spiro atoms. The molecular weight excluding hydrogens is 342 g/mol. The van der Waals surface area contributed by atoms with E-state index in [9.17, 15) is 27.6 Å². The van der Waals surface area contributed by atoms with Crippen molar-refractivity contribution in [3.8, 4) is 0 Å². The van der Waals surface area contributed by atoms with E-state index in [1.54, 1.807) is 0 Å². The lowest BCUT2D eigenvalue weighted by atomic mass is 9.94. The van der Waals surface area contributed by atoms with Gasteiger partial charge in [0.1, 0.15) is 18.4 Å². The van der Waals surface area contributed by atoms with Gasteiger partial charge in [-0.05, 0) is 0 Å². The van der Waals surface area contributed by atoms with Crippen LogP contribution in [0.5, 0.6) is 0 Å². The van der Waals surface area contributed by atoms with E-state index in [4.69, 9.17) is 4.74 Å². The van der Waals surface area contributed by atoms with E-state index in [0.29, 0.717) is 6.29 Å². The van der Waals surface area contributed by atoms with Crippen molar-refractivity contribution in [3.63, 3.8) is 0 Å². The van der Waals surface area contributed by atoms with E-state index < -0.39 is 62.0 Å². The number of ether oxygens (including phenoxy) is 2. The Bertz CT molecular complexity index is 687. The number of sulfone groups is 1. The summed E-state index contributed by atoms with van der Waals surface area (Å²) in [5.41, 5.74) is -1.66. The third-order valence-corrected chi connectivity index (χ3v) is 6.72. The fourth-order valence-corrected chi connectivity index (χ4v) is 5.90. The first kappa shape index (κ1) is 18.4. The Hall–Kier alpha value is -1.97. The predicted molar refractivity (Wildman–Crippen MR) is 79.3 cm³/mol. The van der Waals surface area contributed by atoms with Crippen LogP contribution < -0.4 is 5.32 Å². The predicted octanol–water partition coefficient (Wildman–Crippen LogP) is -1.54. The van der Waals surface area contributed by atoms with Crippen LogP contribution in [0.4, 0.5) is 0 Å². The highest BCUT2D eigenvalue weighted by Crippen LogP contribution is 2.57. The fraction of sp³-hybridized carbons (Fsp3) is 0.714. The maximum Gasteiger partial charge on any atom is 0.310 e. The minimum Gasteiger partial charge on any atom is -0.469 e. The first-order chi connectivity index (χ1) is 11.1. The quantitative estimate of drug-likeness (QED) is 0.444. The number of hydrogen-bond acceptors (Lipinski definition) is 8. The second-order valence-electron chi connectivity index (χ2n) is 6.20. The molecule has 1 aliphatic heterocycles. The zero-order chi connectivity index (χ0) is 18.3. The summed E-state index contributed by atoms with van der Waals surface area (Å²) in [4.78, 5) is 46.3. The van der Waals surface area contributed by atoms with Crippen LogP contribution in [0.25, 0.3) is 0 Å². The molecule has 134 valence electrons. The normalized spacial score (nSPS) is 33.7. The molecule has 1 saturated heterocycles. The van der Waals surface area contributed by atoms with Crippen LogP contribution in [-0.4, -0.2) is 62.8 Å². The number of nitrogens with one attached hydrogen (secondary N) is 1. The number of hydrogen-bond donors (Lipinski definition) is 1. The molecule has 0 bridgehead atoms. The highest BCUT2D eigenvalue weighted by molar-refractivity contribution is 7.92. The second kappa shape index (κ2) is 6.15. The number of rotatable bonds is 6. The Morgan fingerprint density at radius 2 is 2.00 bits per heavy atom. The number of carbonyl (C=O) groups excluding carboxylic acids is 4. The summed E-state index contributed by atoms with van der Waals surface area (Å²) < 4.78 is 33.7. The van der Waals surface area contributed by atoms with E-state index in [2.05, 4.69) is 10.1 Å². The van der Waals surface area contributed by atoms with Gasteiger partial charge in [0.05, 0.1) is 29.9 Å². The smallest absolute Gasteiger partial charge is 0.310 e. The molecule has 1 aliphatic carbocycles. The Kier molecular flexibility index (Phi) is 4.71. The minimum atomic E-state index is -3.70. The van der Waals surface area contributed by atoms with E-state index in [-0.39, 0.29) is 6.61 Å². The highest BCUT2D eigenvalue weighted by atomic mass is 32.2. The van der Waals surface area contributed by atoms with Crippen LogP contribution in [0.1, 0.15) is 13.8 Å². The van der Waals surface area contributed by atoms with Crippen molar-refractivity contribution in [1.82, 2.24) is 5.32 Å². The van der Waals surface area contributed by atoms with Crippen molar-refractivity contribution in [1.29, 1.82) is 0 Å². The standard InChI is InChI=1S/C14H19NO8S/c1-7(4-23-8(2)17)12(18)15-14(5-16)6-24(20,21)11-9(10(11)14)13(19)22-3/h5,7,9-11H,4,6H2,1-3H3,(H,15,18)/t7-,9+,10+,11-,14-/m0/s1. The lowest BCUT2D eigenvalue weighted by Crippen LogP contribution is -2.56. The van der Waals surface area contributed by atoms with Gasteiger partial charge in [-0.2, -0.15) is 0 Å². The van der Waals surface area contributed by atoms with E-state index in [1.165, 1.54) is 13.8 Å². The van der Waals surface area contributed by atoms with Gasteiger partial charge in [-0.15, -0.1) is 0 Å². The SMILES string of the molecule is COC(=O)[C@@H]1[C@@H]2[C@H]1S(=O)(=O)C[C@]2(C=O)NC(=O)[C@@H](C)COC(C)=O. The summed E-state index contributed by atoms with van der Waals surface area (Å²) in [6, 6.07) is 0. The van der Waals surface area contributed by atoms with Crippen molar-refractivity contribution in [2.45, 2.75) is 24.6 Å². The summed E-state index contributed by atoms with van der Waals surface area (Å²) in [5, 5.41) is 1.42. The summed E-state index contributed by atoms with van der Waals surface area (Å²) in [5.74, 6) is -5.03. The zero-order valence-electron chi connectivity index (χ0n) is 13.5. The third kappa shape index (κ3) is 3.02. The van der Waals surface area contributed by atoms with Crippen LogP contribution in [0.15, 0.2) is 0 Å². The van der Waals surface area contributed by atoms with E-state index >= 15 is 0 Å². The van der Waals surface area contributed by atoms with Crippen LogP contribution in [0, 0.1) is 17.8 Å². The Balaban J connectivity index is 2.17. The molecule has 1 saturated carbocycles. The number of carbonyl (C=O) groups is 4. The molecule has 2 rings (SSSR count). The molecule has 5 atom stereocenters. The van der Waals surface area contributed by atoms with Gasteiger partial charge in [-0.3, -0.25) is 14.4 Å². The number of methoxy groups -OCH3 is 1. The lowest BCUT2D eigenvalue weighted by Gasteiger charge is -2.27. The second-order valence-corrected chi connectivity index (χ2v) is 8.36. The van der Waals surface area contributed by atoms with Crippen molar-refractivity contribution in [3.05, 3.63) is 0 Å². The summed E-state index contributed by atoms with van der Waals surface area (Å²) in [7, 11) is -2.57. The van der Waals surface area contributed by atoms with E-state index in [0.717, 1.165) is 7.11 Å². The number of esters is 2. The molecule has 1 amide bonds. The van der Waals surface area contributed by atoms with Gasteiger partial charge in [0.25, 0.3) is 0 Å².